The Labute approximate surface area is 130 Å². The van der Waals surface area contributed by atoms with Gasteiger partial charge in [0.2, 0.25) is 11.0 Å². The number of amides is 1. The third-order valence-corrected chi connectivity index (χ3v) is 4.10. The first-order valence-electron chi connectivity index (χ1n) is 6.17. The number of hydrogen-bond donors (Lipinski definition) is 2. The van der Waals surface area contributed by atoms with Gasteiger partial charge < -0.3 is 5.73 Å². The number of alkyl halides is 3. The van der Waals surface area contributed by atoms with Crippen LogP contribution in [0.4, 0.5) is 18.3 Å². The molecule has 0 saturated carbocycles. The molecule has 0 aliphatic heterocycles. The smallest absolute Gasteiger partial charge is 0.329 e. The molecule has 0 aliphatic rings. The molecule has 0 aliphatic carbocycles. The molecule has 0 atom stereocenters. The number of carbonyl (C=O) groups excluding carboxylic acids is 1. The van der Waals surface area contributed by atoms with E-state index in [0.717, 1.165) is 11.3 Å². The maximum absolute atomic E-state index is 12.2. The summed E-state index contributed by atoms with van der Waals surface area (Å²) in [5, 5.41) is 9.35. The van der Waals surface area contributed by atoms with Crippen molar-refractivity contribution in [3.63, 3.8) is 0 Å². The van der Waals surface area contributed by atoms with Crippen molar-refractivity contribution in [3.05, 3.63) is 5.01 Å². The average Bonchev–Trinajstić information content (AvgIpc) is 2.77. The van der Waals surface area contributed by atoms with Gasteiger partial charge in [-0.1, -0.05) is 25.2 Å². The molecule has 5 nitrogen and oxygen atoms in total. The summed E-state index contributed by atoms with van der Waals surface area (Å²) in [5.41, 5.74) is 4.90. The summed E-state index contributed by atoms with van der Waals surface area (Å²) in [6.45, 7) is 3.84. The standard InChI is InChI=1S/C11H17F3N4OS.ClH/c1-3-10(4-2,6-15)8(19)16-9-18-17-7(20-9)5-11(12,13)14;/h3-6,15H2,1-2H3,(H,16,18,19);1H. The quantitative estimate of drug-likeness (QED) is 0.830. The molecule has 0 fully saturated rings. The first-order chi connectivity index (χ1) is 9.26. The van der Waals surface area contributed by atoms with Gasteiger partial charge in [-0.05, 0) is 12.8 Å². The third-order valence-electron chi connectivity index (χ3n) is 3.26. The Morgan fingerprint density at radius 3 is 2.29 bits per heavy atom. The van der Waals surface area contributed by atoms with Crippen LogP contribution in [0, 0.1) is 5.41 Å². The van der Waals surface area contributed by atoms with Gasteiger partial charge in [0.15, 0.2) is 0 Å². The largest absolute Gasteiger partial charge is 0.395 e. The predicted molar refractivity (Wildman–Crippen MR) is 77.6 cm³/mol. The van der Waals surface area contributed by atoms with Gasteiger partial charge in [-0.15, -0.1) is 22.6 Å². The molecule has 0 saturated heterocycles. The lowest BCUT2D eigenvalue weighted by Gasteiger charge is -2.27. The summed E-state index contributed by atoms with van der Waals surface area (Å²) in [4.78, 5) is 12.1. The molecular formula is C11H18ClF3N4OS. The van der Waals surface area contributed by atoms with Crippen molar-refractivity contribution in [2.24, 2.45) is 11.1 Å². The summed E-state index contributed by atoms with van der Waals surface area (Å²) in [6, 6.07) is 0. The van der Waals surface area contributed by atoms with E-state index in [-0.39, 0.29) is 35.0 Å². The Bertz CT molecular complexity index is 454. The maximum atomic E-state index is 12.2. The minimum atomic E-state index is -4.34. The number of nitrogens with one attached hydrogen (secondary N) is 1. The maximum Gasteiger partial charge on any atom is 0.395 e. The normalized spacial score (nSPS) is 11.9. The van der Waals surface area contributed by atoms with E-state index >= 15 is 0 Å². The lowest BCUT2D eigenvalue weighted by molar-refractivity contribution is -0.127. The zero-order chi connectivity index (χ0) is 15.4. The Hall–Kier alpha value is -0.930. The first kappa shape index (κ1) is 20.1. The Morgan fingerprint density at radius 1 is 1.29 bits per heavy atom. The summed E-state index contributed by atoms with van der Waals surface area (Å²) in [7, 11) is 0. The fourth-order valence-corrected chi connectivity index (χ4v) is 2.50. The van der Waals surface area contributed by atoms with E-state index < -0.39 is 18.0 Å². The first-order valence-corrected chi connectivity index (χ1v) is 6.98. The van der Waals surface area contributed by atoms with Gasteiger partial charge in [-0.2, -0.15) is 13.2 Å². The Kier molecular flexibility index (Phi) is 7.55. The molecule has 0 spiro atoms. The van der Waals surface area contributed by atoms with Crippen molar-refractivity contribution < 1.29 is 18.0 Å². The molecule has 1 amide bonds. The van der Waals surface area contributed by atoms with E-state index in [9.17, 15) is 18.0 Å². The molecule has 1 aromatic rings. The molecule has 10 heteroatoms. The van der Waals surface area contributed by atoms with Crippen LogP contribution in [0.25, 0.3) is 0 Å². The highest BCUT2D eigenvalue weighted by Gasteiger charge is 2.34. The van der Waals surface area contributed by atoms with E-state index in [4.69, 9.17) is 5.73 Å². The van der Waals surface area contributed by atoms with Crippen molar-refractivity contribution in [3.8, 4) is 0 Å². The van der Waals surface area contributed by atoms with Crippen molar-refractivity contribution >= 4 is 34.8 Å². The second kappa shape index (κ2) is 7.90. The molecule has 21 heavy (non-hydrogen) atoms. The number of halogens is 4. The molecule has 0 unspecified atom stereocenters. The molecule has 3 N–H and O–H groups in total. The second-order valence-electron chi connectivity index (χ2n) is 4.44. The zero-order valence-electron chi connectivity index (χ0n) is 11.7. The predicted octanol–water partition coefficient (Wildman–Crippen LogP) is 2.77. The monoisotopic (exact) mass is 346 g/mol. The van der Waals surface area contributed by atoms with Crippen LogP contribution in [-0.4, -0.2) is 28.8 Å². The number of aromatic nitrogens is 2. The molecule has 122 valence electrons. The number of nitrogens with two attached hydrogens (primary N) is 1. The van der Waals surface area contributed by atoms with Crippen molar-refractivity contribution in [2.75, 3.05) is 11.9 Å². The van der Waals surface area contributed by atoms with Gasteiger partial charge in [0.05, 0.1) is 11.8 Å². The third kappa shape index (κ3) is 5.40. The number of nitrogens with zero attached hydrogens (tertiary/aromatic N) is 2. The molecule has 0 aromatic carbocycles. The van der Waals surface area contributed by atoms with Crippen LogP contribution in [0.15, 0.2) is 0 Å². The van der Waals surface area contributed by atoms with E-state index in [0.29, 0.717) is 12.8 Å². The van der Waals surface area contributed by atoms with Crippen molar-refractivity contribution in [1.82, 2.24) is 10.2 Å². The fraction of sp³-hybridized carbons (Fsp3) is 0.727. The minimum absolute atomic E-state index is 0. The molecular weight excluding hydrogens is 329 g/mol. The molecule has 0 bridgehead atoms. The highest BCUT2D eigenvalue weighted by molar-refractivity contribution is 7.15. The lowest BCUT2D eigenvalue weighted by atomic mass is 9.81. The van der Waals surface area contributed by atoms with Crippen LogP contribution in [0.2, 0.25) is 0 Å². The molecule has 1 aromatic heterocycles. The average molecular weight is 347 g/mol. The number of hydrogen-bond acceptors (Lipinski definition) is 5. The van der Waals surface area contributed by atoms with E-state index in [1.807, 2.05) is 13.8 Å². The summed E-state index contributed by atoms with van der Waals surface area (Å²) in [5.74, 6) is -0.334. The number of rotatable bonds is 6. The van der Waals surface area contributed by atoms with Crippen LogP contribution >= 0.6 is 23.7 Å². The second-order valence-corrected chi connectivity index (χ2v) is 5.50. The molecule has 0 radical (unpaired) electrons. The van der Waals surface area contributed by atoms with Gasteiger partial charge in [0.1, 0.15) is 5.01 Å². The molecule has 1 heterocycles. The zero-order valence-corrected chi connectivity index (χ0v) is 13.3. The highest BCUT2D eigenvalue weighted by atomic mass is 35.5. The van der Waals surface area contributed by atoms with Crippen LogP contribution < -0.4 is 11.1 Å². The summed E-state index contributed by atoms with van der Waals surface area (Å²) < 4.78 is 36.6. The van der Waals surface area contributed by atoms with Crippen molar-refractivity contribution in [2.45, 2.75) is 39.3 Å². The number of anilines is 1. The molecule has 1 rings (SSSR count). The fourth-order valence-electron chi connectivity index (χ4n) is 1.73. The topological polar surface area (TPSA) is 80.9 Å². The van der Waals surface area contributed by atoms with Crippen LogP contribution in [0.1, 0.15) is 31.7 Å². The van der Waals surface area contributed by atoms with E-state index in [1.165, 1.54) is 0 Å². The van der Waals surface area contributed by atoms with Gasteiger partial charge in [0, 0.05) is 6.54 Å². The van der Waals surface area contributed by atoms with Crippen LogP contribution in [0.3, 0.4) is 0 Å². The van der Waals surface area contributed by atoms with E-state index in [2.05, 4.69) is 15.5 Å². The van der Waals surface area contributed by atoms with Gasteiger partial charge in [0.25, 0.3) is 0 Å². The minimum Gasteiger partial charge on any atom is -0.329 e. The van der Waals surface area contributed by atoms with E-state index in [1.54, 1.807) is 0 Å². The van der Waals surface area contributed by atoms with Crippen molar-refractivity contribution in [1.29, 1.82) is 0 Å². The Balaban J connectivity index is 0.00000400. The van der Waals surface area contributed by atoms with Gasteiger partial charge in [-0.3, -0.25) is 10.1 Å². The van der Waals surface area contributed by atoms with Gasteiger partial charge in [-0.25, -0.2) is 0 Å². The highest BCUT2D eigenvalue weighted by Crippen LogP contribution is 2.29. The van der Waals surface area contributed by atoms with Crippen LogP contribution in [-0.2, 0) is 11.2 Å². The number of carbonyl (C=O) groups is 1. The Morgan fingerprint density at radius 2 is 1.86 bits per heavy atom. The summed E-state index contributed by atoms with van der Waals surface area (Å²) in [6.07, 6.45) is -4.40. The van der Waals surface area contributed by atoms with Gasteiger partial charge >= 0.3 is 6.18 Å². The SMILES string of the molecule is CCC(CC)(CN)C(=O)Nc1nnc(CC(F)(F)F)s1.Cl. The summed E-state index contributed by atoms with van der Waals surface area (Å²) >= 11 is 0.721. The lowest BCUT2D eigenvalue weighted by Crippen LogP contribution is -2.41. The van der Waals surface area contributed by atoms with Crippen LogP contribution in [0.5, 0.6) is 0 Å².